The molecular weight excluding hydrogens is 450 g/mol. The predicted molar refractivity (Wildman–Crippen MR) is 103 cm³/mol. The van der Waals surface area contributed by atoms with Gasteiger partial charge in [0.05, 0.1) is 0 Å². The molecule has 0 aliphatic heterocycles. The summed E-state index contributed by atoms with van der Waals surface area (Å²) < 4.78 is 70.2. The van der Waals surface area contributed by atoms with Crippen molar-refractivity contribution in [2.75, 3.05) is 5.32 Å². The smallest absolute Gasteiger partial charge is 0.340 e. The van der Waals surface area contributed by atoms with Crippen molar-refractivity contribution in [3.8, 4) is 17.7 Å². The fourth-order valence-electron chi connectivity index (χ4n) is 3.35. The summed E-state index contributed by atoms with van der Waals surface area (Å²) in [7, 11) is 0. The van der Waals surface area contributed by atoms with Crippen molar-refractivity contribution in [2.45, 2.75) is 24.9 Å². The van der Waals surface area contributed by atoms with Crippen LogP contribution in [0.3, 0.4) is 0 Å². The number of furan rings is 1. The highest BCUT2D eigenvalue weighted by molar-refractivity contribution is 6.14. The number of benzene rings is 2. The van der Waals surface area contributed by atoms with Crippen LogP contribution >= 0.6 is 0 Å². The molecule has 2 aromatic heterocycles. The minimum atomic E-state index is -2.80. The van der Waals surface area contributed by atoms with Gasteiger partial charge in [-0.05, 0) is 40.8 Å². The average molecular weight is 463 g/mol. The lowest BCUT2D eigenvalue weighted by Crippen LogP contribution is -2.43. The number of halogens is 4. The van der Waals surface area contributed by atoms with Crippen LogP contribution in [0, 0.1) is 11.6 Å². The number of tetrazole rings is 1. The highest BCUT2D eigenvalue weighted by Gasteiger charge is 2.47. The Labute approximate surface area is 181 Å². The molecule has 2 N–H and O–H groups in total. The van der Waals surface area contributed by atoms with E-state index in [9.17, 15) is 22.4 Å². The summed E-state index contributed by atoms with van der Waals surface area (Å²) in [6.07, 6.45) is -1.76. The van der Waals surface area contributed by atoms with E-state index in [4.69, 9.17) is 13.9 Å². The molecule has 0 radical (unpaired) electrons. The normalized spacial score (nSPS) is 15.3. The van der Waals surface area contributed by atoms with Crippen LogP contribution in [0.1, 0.15) is 23.2 Å². The second-order valence-corrected chi connectivity index (χ2v) is 7.32. The molecule has 33 heavy (non-hydrogen) atoms. The molecule has 5 rings (SSSR count). The van der Waals surface area contributed by atoms with Crippen molar-refractivity contribution < 1.29 is 36.2 Å². The molecule has 1 saturated carbocycles. The number of hydrogen-bond donors (Lipinski definition) is 2. The SMILES string of the molecule is O=C(Nc1ccc(OC2CC(F)(F)C2)c(F)c1)c1c(Oc2nnn[nH]2)oc2ccc(F)cc12. The Kier molecular flexibility index (Phi) is 4.87. The van der Waals surface area contributed by atoms with Gasteiger partial charge in [0.15, 0.2) is 11.6 Å². The highest BCUT2D eigenvalue weighted by atomic mass is 19.3. The minimum Gasteiger partial charge on any atom is -0.487 e. The Morgan fingerprint density at radius 3 is 2.70 bits per heavy atom. The van der Waals surface area contributed by atoms with E-state index in [1.165, 1.54) is 18.2 Å². The number of ether oxygens (including phenoxy) is 2. The molecule has 9 nitrogen and oxygen atoms in total. The number of rotatable bonds is 6. The van der Waals surface area contributed by atoms with Gasteiger partial charge < -0.3 is 19.2 Å². The Hall–Kier alpha value is -4.16. The van der Waals surface area contributed by atoms with Crippen molar-refractivity contribution in [1.29, 1.82) is 0 Å². The number of amides is 1. The molecule has 1 fully saturated rings. The van der Waals surface area contributed by atoms with E-state index < -0.39 is 42.4 Å². The number of fused-ring (bicyclic) bond motifs is 1. The summed E-state index contributed by atoms with van der Waals surface area (Å²) in [6.45, 7) is 0. The molecule has 0 bridgehead atoms. The Morgan fingerprint density at radius 1 is 1.18 bits per heavy atom. The van der Waals surface area contributed by atoms with E-state index in [1.54, 1.807) is 0 Å². The summed E-state index contributed by atoms with van der Waals surface area (Å²) >= 11 is 0. The average Bonchev–Trinajstić information content (AvgIpc) is 3.36. The number of carbonyl (C=O) groups excluding carboxylic acids is 1. The molecule has 2 heterocycles. The van der Waals surface area contributed by atoms with Crippen LogP contribution in [0.5, 0.6) is 17.7 Å². The van der Waals surface area contributed by atoms with Gasteiger partial charge in [-0.15, -0.1) is 0 Å². The first kappa shape index (κ1) is 20.7. The van der Waals surface area contributed by atoms with Crippen LogP contribution in [0.15, 0.2) is 40.8 Å². The zero-order valence-electron chi connectivity index (χ0n) is 16.4. The Morgan fingerprint density at radius 2 is 2.00 bits per heavy atom. The molecular formula is C20H13F4N5O4. The second-order valence-electron chi connectivity index (χ2n) is 7.32. The molecule has 0 saturated heterocycles. The van der Waals surface area contributed by atoms with Crippen LogP contribution in [0.25, 0.3) is 11.0 Å². The van der Waals surface area contributed by atoms with E-state index in [0.717, 1.165) is 18.2 Å². The number of H-pyrrole nitrogens is 1. The van der Waals surface area contributed by atoms with Gasteiger partial charge in [-0.25, -0.2) is 22.7 Å². The van der Waals surface area contributed by atoms with Gasteiger partial charge in [0, 0.05) is 30.0 Å². The van der Waals surface area contributed by atoms with Crippen LogP contribution in [-0.2, 0) is 0 Å². The molecule has 13 heteroatoms. The number of alkyl halides is 2. The third-order valence-corrected chi connectivity index (χ3v) is 4.90. The minimum absolute atomic E-state index is 0.0295. The number of anilines is 1. The van der Waals surface area contributed by atoms with E-state index in [-0.39, 0.29) is 39.9 Å². The maximum absolute atomic E-state index is 14.4. The third kappa shape index (κ3) is 4.16. The zero-order valence-corrected chi connectivity index (χ0v) is 16.4. The number of nitrogens with one attached hydrogen (secondary N) is 2. The summed E-state index contributed by atoms with van der Waals surface area (Å²) in [5.41, 5.74) is -0.00332. The number of aromatic nitrogens is 4. The first-order valence-electron chi connectivity index (χ1n) is 9.56. The molecule has 1 amide bonds. The Balaban J connectivity index is 1.39. The summed E-state index contributed by atoms with van der Waals surface area (Å²) in [4.78, 5) is 13.0. The molecule has 0 spiro atoms. The van der Waals surface area contributed by atoms with Crippen molar-refractivity contribution in [3.05, 3.63) is 53.6 Å². The summed E-state index contributed by atoms with van der Waals surface area (Å²) in [5.74, 6) is -5.61. The van der Waals surface area contributed by atoms with Gasteiger partial charge in [0.25, 0.3) is 11.8 Å². The number of aromatic amines is 1. The first-order chi connectivity index (χ1) is 15.8. The number of nitrogens with zero attached hydrogens (tertiary/aromatic N) is 3. The van der Waals surface area contributed by atoms with Gasteiger partial charge in [0.1, 0.15) is 23.1 Å². The first-order valence-corrected chi connectivity index (χ1v) is 9.56. The van der Waals surface area contributed by atoms with Crippen molar-refractivity contribution >= 4 is 22.6 Å². The van der Waals surface area contributed by atoms with E-state index in [2.05, 4.69) is 25.9 Å². The number of hydrogen-bond acceptors (Lipinski definition) is 7. The number of carbonyl (C=O) groups is 1. The quantitative estimate of drug-likeness (QED) is 0.406. The summed E-state index contributed by atoms with van der Waals surface area (Å²) in [6, 6.07) is 6.85. The van der Waals surface area contributed by atoms with E-state index in [0.29, 0.717) is 0 Å². The lowest BCUT2D eigenvalue weighted by atomic mass is 9.91. The van der Waals surface area contributed by atoms with Crippen LogP contribution in [0.4, 0.5) is 23.2 Å². The zero-order chi connectivity index (χ0) is 23.2. The fraction of sp³-hybridized carbons (Fsp3) is 0.200. The summed E-state index contributed by atoms with van der Waals surface area (Å²) in [5, 5.41) is 15.1. The lowest BCUT2D eigenvalue weighted by molar-refractivity contribution is -0.135. The van der Waals surface area contributed by atoms with Crippen LogP contribution < -0.4 is 14.8 Å². The van der Waals surface area contributed by atoms with Crippen molar-refractivity contribution in [3.63, 3.8) is 0 Å². The monoisotopic (exact) mass is 463 g/mol. The second kappa shape index (κ2) is 7.76. The van der Waals surface area contributed by atoms with Crippen molar-refractivity contribution in [2.24, 2.45) is 0 Å². The molecule has 4 aromatic rings. The molecule has 1 aliphatic carbocycles. The van der Waals surface area contributed by atoms with Crippen molar-refractivity contribution in [1.82, 2.24) is 20.6 Å². The molecule has 170 valence electrons. The van der Waals surface area contributed by atoms with E-state index >= 15 is 0 Å². The van der Waals surface area contributed by atoms with Crippen LogP contribution in [0.2, 0.25) is 0 Å². The topological polar surface area (TPSA) is 115 Å². The maximum atomic E-state index is 14.4. The molecule has 1 aliphatic rings. The van der Waals surface area contributed by atoms with Gasteiger partial charge in [0.2, 0.25) is 0 Å². The van der Waals surface area contributed by atoms with Gasteiger partial charge in [-0.3, -0.25) is 4.79 Å². The molecule has 2 aromatic carbocycles. The lowest BCUT2D eigenvalue weighted by Gasteiger charge is -2.34. The largest absolute Gasteiger partial charge is 0.487 e. The van der Waals surface area contributed by atoms with Crippen LogP contribution in [-0.4, -0.2) is 38.6 Å². The molecule has 0 unspecified atom stereocenters. The van der Waals surface area contributed by atoms with E-state index in [1.807, 2.05) is 0 Å². The van der Waals surface area contributed by atoms with Gasteiger partial charge >= 0.3 is 12.0 Å². The fourth-order valence-corrected chi connectivity index (χ4v) is 3.35. The maximum Gasteiger partial charge on any atom is 0.340 e. The highest BCUT2D eigenvalue weighted by Crippen LogP contribution is 2.40. The van der Waals surface area contributed by atoms with Gasteiger partial charge in [-0.2, -0.15) is 0 Å². The Bertz CT molecular complexity index is 1330. The predicted octanol–water partition coefficient (Wildman–Crippen LogP) is 4.45. The van der Waals surface area contributed by atoms with Gasteiger partial charge in [-0.1, -0.05) is 5.10 Å². The molecule has 0 atom stereocenters. The standard InChI is InChI=1S/C20H13F4N5O4/c21-9-1-3-14-12(5-9)16(18(32-14)33-19-26-28-29-27-19)17(30)25-10-2-4-15(13(22)6-10)31-11-7-20(23,24)8-11/h1-6,11H,7-8H2,(H,25,30)(H,26,27,28,29). The third-order valence-electron chi connectivity index (χ3n) is 4.90.